The van der Waals surface area contributed by atoms with E-state index in [0.717, 1.165) is 20.1 Å². The summed E-state index contributed by atoms with van der Waals surface area (Å²) in [7, 11) is 0. The number of rotatable bonds is 5. The predicted octanol–water partition coefficient (Wildman–Crippen LogP) is 3.98. The molecule has 4 rings (SSSR count). The lowest BCUT2D eigenvalue weighted by atomic mass is 10.2. The molecular weight excluding hydrogens is 481 g/mol. The number of thiophene rings is 1. The van der Waals surface area contributed by atoms with Crippen molar-refractivity contribution < 1.29 is 18.0 Å². The third-order valence-corrected chi connectivity index (χ3v) is 5.93. The van der Waals surface area contributed by atoms with Crippen LogP contribution in [0.2, 0.25) is 5.02 Å². The summed E-state index contributed by atoms with van der Waals surface area (Å²) >= 11 is 6.96. The van der Waals surface area contributed by atoms with E-state index in [4.69, 9.17) is 11.6 Å². The van der Waals surface area contributed by atoms with Crippen LogP contribution in [0.3, 0.4) is 0 Å². The van der Waals surface area contributed by atoms with Crippen LogP contribution in [0.15, 0.2) is 63.6 Å². The number of anilines is 1. The minimum atomic E-state index is -4.70. The van der Waals surface area contributed by atoms with Crippen molar-refractivity contribution in [2.75, 3.05) is 5.32 Å². The predicted molar refractivity (Wildman–Crippen MR) is 119 cm³/mol. The molecule has 3 aromatic heterocycles. The molecule has 0 fully saturated rings. The van der Waals surface area contributed by atoms with Crippen LogP contribution in [0, 0.1) is 0 Å². The van der Waals surface area contributed by atoms with E-state index in [1.54, 1.807) is 17.5 Å². The number of carbonyl (C=O) groups is 1. The average molecular weight is 495 g/mol. The molecule has 0 aliphatic rings. The van der Waals surface area contributed by atoms with Gasteiger partial charge >= 0.3 is 11.9 Å². The Hall–Kier alpha value is -3.44. The Labute approximate surface area is 192 Å². The summed E-state index contributed by atoms with van der Waals surface area (Å²) in [5.41, 5.74) is -2.45. The maximum atomic E-state index is 13.1. The highest BCUT2D eigenvalue weighted by atomic mass is 35.5. The summed E-state index contributed by atoms with van der Waals surface area (Å²) < 4.78 is 41.3. The van der Waals surface area contributed by atoms with Crippen LogP contribution in [-0.4, -0.2) is 20.0 Å². The number of fused-ring (bicyclic) bond motifs is 1. The Morgan fingerprint density at radius 3 is 2.61 bits per heavy atom. The van der Waals surface area contributed by atoms with E-state index in [9.17, 15) is 27.6 Å². The lowest BCUT2D eigenvalue weighted by Gasteiger charge is -2.14. The molecule has 1 aromatic carbocycles. The van der Waals surface area contributed by atoms with E-state index in [-0.39, 0.29) is 23.3 Å². The lowest BCUT2D eigenvalue weighted by Crippen LogP contribution is -2.42. The van der Waals surface area contributed by atoms with Gasteiger partial charge in [-0.25, -0.2) is 9.78 Å². The first-order chi connectivity index (χ1) is 15.6. The van der Waals surface area contributed by atoms with Crippen molar-refractivity contribution in [2.24, 2.45) is 0 Å². The molecule has 0 bridgehead atoms. The fourth-order valence-corrected chi connectivity index (χ4v) is 4.18. The molecule has 7 nitrogen and oxygen atoms in total. The SMILES string of the molecule is O=C(Cn1c(=O)n(Cc2cccs2)c(=O)c2ncccc21)Nc1ccc(Cl)c(C(F)(F)F)c1. The maximum absolute atomic E-state index is 13.1. The van der Waals surface area contributed by atoms with Gasteiger partial charge in [0.15, 0.2) is 5.52 Å². The first kappa shape index (κ1) is 22.7. The number of hydrogen-bond acceptors (Lipinski definition) is 5. The van der Waals surface area contributed by atoms with Crippen molar-refractivity contribution in [1.82, 2.24) is 14.1 Å². The Bertz CT molecular complexity index is 1460. The molecular formula is C21H14ClF3N4O3S. The van der Waals surface area contributed by atoms with Crippen molar-refractivity contribution in [1.29, 1.82) is 0 Å². The van der Waals surface area contributed by atoms with Crippen molar-refractivity contribution in [3.63, 3.8) is 0 Å². The van der Waals surface area contributed by atoms with Crippen LogP contribution in [0.25, 0.3) is 11.0 Å². The monoisotopic (exact) mass is 494 g/mol. The zero-order valence-corrected chi connectivity index (χ0v) is 18.2. The second-order valence-electron chi connectivity index (χ2n) is 6.95. The second kappa shape index (κ2) is 8.83. The molecule has 0 saturated carbocycles. The summed E-state index contributed by atoms with van der Waals surface area (Å²) in [5.74, 6) is -0.765. The van der Waals surface area contributed by atoms with Crippen LogP contribution >= 0.6 is 22.9 Å². The van der Waals surface area contributed by atoms with Gasteiger partial charge in [0.25, 0.3) is 5.56 Å². The summed E-state index contributed by atoms with van der Waals surface area (Å²) in [6, 6.07) is 9.46. The van der Waals surface area contributed by atoms with Crippen LogP contribution in [0.5, 0.6) is 0 Å². The van der Waals surface area contributed by atoms with E-state index in [1.165, 1.54) is 35.7 Å². The Balaban J connectivity index is 1.71. The highest BCUT2D eigenvalue weighted by Crippen LogP contribution is 2.36. The molecule has 170 valence electrons. The van der Waals surface area contributed by atoms with Crippen molar-refractivity contribution >= 4 is 45.6 Å². The number of amides is 1. The van der Waals surface area contributed by atoms with Gasteiger partial charge in [0, 0.05) is 16.8 Å². The number of hydrogen-bond donors (Lipinski definition) is 1. The van der Waals surface area contributed by atoms with Crippen LogP contribution in [-0.2, 0) is 24.1 Å². The van der Waals surface area contributed by atoms with E-state index in [2.05, 4.69) is 10.3 Å². The Kier molecular flexibility index (Phi) is 6.09. The van der Waals surface area contributed by atoms with E-state index < -0.39 is 40.5 Å². The number of aromatic nitrogens is 3. The minimum absolute atomic E-state index is 0.00437. The summed E-state index contributed by atoms with van der Waals surface area (Å²) in [6.07, 6.45) is -3.31. The van der Waals surface area contributed by atoms with E-state index >= 15 is 0 Å². The fourth-order valence-electron chi connectivity index (χ4n) is 3.26. The zero-order valence-electron chi connectivity index (χ0n) is 16.6. The number of pyridine rings is 1. The van der Waals surface area contributed by atoms with Crippen LogP contribution in [0.4, 0.5) is 18.9 Å². The fraction of sp³-hybridized carbons (Fsp3) is 0.143. The molecule has 0 aliphatic heterocycles. The molecule has 12 heteroatoms. The summed E-state index contributed by atoms with van der Waals surface area (Å²) in [6.45, 7) is -0.550. The van der Waals surface area contributed by atoms with Gasteiger partial charge in [0.05, 0.1) is 22.6 Å². The highest BCUT2D eigenvalue weighted by Gasteiger charge is 2.33. The third kappa shape index (κ3) is 4.69. The largest absolute Gasteiger partial charge is 0.417 e. The van der Waals surface area contributed by atoms with Gasteiger partial charge in [-0.05, 0) is 41.8 Å². The molecule has 0 unspecified atom stereocenters. The molecule has 33 heavy (non-hydrogen) atoms. The van der Waals surface area contributed by atoms with Crippen molar-refractivity contribution in [3.05, 3.63) is 90.3 Å². The first-order valence-corrected chi connectivity index (χ1v) is 10.7. The molecule has 0 aliphatic carbocycles. The quantitative estimate of drug-likeness (QED) is 0.455. The zero-order chi connectivity index (χ0) is 23.8. The van der Waals surface area contributed by atoms with Gasteiger partial charge in [0.1, 0.15) is 6.54 Å². The van der Waals surface area contributed by atoms with Gasteiger partial charge in [-0.3, -0.25) is 18.7 Å². The lowest BCUT2D eigenvalue weighted by molar-refractivity contribution is -0.137. The van der Waals surface area contributed by atoms with Crippen molar-refractivity contribution in [3.8, 4) is 0 Å². The molecule has 0 atom stereocenters. The average Bonchev–Trinajstić information content (AvgIpc) is 3.28. The van der Waals surface area contributed by atoms with Crippen molar-refractivity contribution in [2.45, 2.75) is 19.3 Å². The third-order valence-electron chi connectivity index (χ3n) is 4.74. The second-order valence-corrected chi connectivity index (χ2v) is 8.39. The van der Waals surface area contributed by atoms with Gasteiger partial charge < -0.3 is 5.32 Å². The molecule has 1 amide bonds. The smallest absolute Gasteiger partial charge is 0.325 e. The number of nitrogens with zero attached hydrogens (tertiary/aromatic N) is 3. The molecule has 0 spiro atoms. The molecule has 0 radical (unpaired) electrons. The molecule has 0 saturated heterocycles. The minimum Gasteiger partial charge on any atom is -0.325 e. The topological polar surface area (TPSA) is 86.0 Å². The van der Waals surface area contributed by atoms with E-state index in [0.29, 0.717) is 6.07 Å². The number of nitrogens with one attached hydrogen (secondary N) is 1. The summed E-state index contributed by atoms with van der Waals surface area (Å²) in [5, 5.41) is 3.63. The molecule has 4 aromatic rings. The number of benzene rings is 1. The molecule has 1 N–H and O–H groups in total. The van der Waals surface area contributed by atoms with Gasteiger partial charge in [-0.2, -0.15) is 13.2 Å². The highest BCUT2D eigenvalue weighted by molar-refractivity contribution is 7.09. The summed E-state index contributed by atoms with van der Waals surface area (Å²) in [4.78, 5) is 43.4. The first-order valence-electron chi connectivity index (χ1n) is 9.42. The Morgan fingerprint density at radius 1 is 1.12 bits per heavy atom. The molecule has 3 heterocycles. The van der Waals surface area contributed by atoms with Crippen LogP contribution in [0.1, 0.15) is 10.4 Å². The normalized spacial score (nSPS) is 11.6. The maximum Gasteiger partial charge on any atom is 0.417 e. The Morgan fingerprint density at radius 2 is 1.91 bits per heavy atom. The van der Waals surface area contributed by atoms with Gasteiger partial charge in [0.2, 0.25) is 5.91 Å². The number of halogens is 4. The van der Waals surface area contributed by atoms with E-state index in [1.807, 2.05) is 0 Å². The number of alkyl halides is 3. The van der Waals surface area contributed by atoms with Crippen LogP contribution < -0.4 is 16.6 Å². The standard InChI is InChI=1S/C21H14ClF3N4O3S/c22-15-6-5-12(9-14(15)21(23,24)25)27-17(30)11-28-16-4-1-7-26-18(16)19(31)29(20(28)32)10-13-3-2-8-33-13/h1-9H,10-11H2,(H,27,30). The number of carbonyl (C=O) groups excluding carboxylic acids is 1. The van der Waals surface area contributed by atoms with Gasteiger partial charge in [-0.1, -0.05) is 17.7 Å². The van der Waals surface area contributed by atoms with Gasteiger partial charge in [-0.15, -0.1) is 11.3 Å².